The van der Waals surface area contributed by atoms with Gasteiger partial charge in [0, 0.05) is 0 Å². The molecule has 0 atom stereocenters. The van der Waals surface area contributed by atoms with Gasteiger partial charge in [-0.25, -0.2) is 9.18 Å². The fraction of sp³-hybridized carbons (Fsp3) is 0.235. The monoisotopic (exact) mass is 303 g/mol. The Balaban J connectivity index is 2.05. The predicted molar refractivity (Wildman–Crippen MR) is 82.1 cm³/mol. The molecule has 0 radical (unpaired) electrons. The molecule has 22 heavy (non-hydrogen) atoms. The van der Waals surface area contributed by atoms with Crippen LogP contribution in [-0.2, 0) is 11.3 Å². The van der Waals surface area contributed by atoms with Gasteiger partial charge in [-0.3, -0.25) is 0 Å². The number of carbonyl (C=O) groups is 1. The lowest BCUT2D eigenvalue weighted by molar-refractivity contribution is 0.0378. The molecule has 0 saturated carbocycles. The standard InChI is InChI=1S/C17H18FNO3/c1-11(2)22-17(20)13-6-7-16(15(19)9-13)21-10-12-4-3-5-14(18)8-12/h3-9,11H,10,19H2,1-2H3. The second-order valence-electron chi connectivity index (χ2n) is 5.13. The number of nitrogens with two attached hydrogens (primary N) is 1. The number of hydrogen-bond donors (Lipinski definition) is 1. The molecule has 2 N–H and O–H groups in total. The number of benzene rings is 2. The average molecular weight is 303 g/mol. The molecular formula is C17H18FNO3. The van der Waals surface area contributed by atoms with Crippen molar-refractivity contribution in [1.29, 1.82) is 0 Å². The molecule has 0 bridgehead atoms. The van der Waals surface area contributed by atoms with E-state index in [9.17, 15) is 9.18 Å². The maximum Gasteiger partial charge on any atom is 0.338 e. The molecule has 0 fully saturated rings. The first-order valence-electron chi connectivity index (χ1n) is 6.93. The number of nitrogen functional groups attached to an aromatic ring is 1. The third-order valence-corrected chi connectivity index (χ3v) is 2.87. The first-order chi connectivity index (χ1) is 10.5. The zero-order valence-corrected chi connectivity index (χ0v) is 12.5. The van der Waals surface area contributed by atoms with Gasteiger partial charge in [-0.2, -0.15) is 0 Å². The molecule has 0 unspecified atom stereocenters. The van der Waals surface area contributed by atoms with E-state index in [1.807, 2.05) is 0 Å². The van der Waals surface area contributed by atoms with Crippen LogP contribution in [0.15, 0.2) is 42.5 Å². The summed E-state index contributed by atoms with van der Waals surface area (Å²) in [6.45, 7) is 3.74. The summed E-state index contributed by atoms with van der Waals surface area (Å²) in [5.74, 6) is -0.315. The Morgan fingerprint density at radius 2 is 2.00 bits per heavy atom. The normalized spacial score (nSPS) is 10.5. The second kappa shape index (κ2) is 6.93. The number of rotatable bonds is 5. The third-order valence-electron chi connectivity index (χ3n) is 2.87. The Labute approximate surface area is 128 Å². The van der Waals surface area contributed by atoms with Crippen molar-refractivity contribution in [1.82, 2.24) is 0 Å². The van der Waals surface area contributed by atoms with Gasteiger partial charge in [0.05, 0.1) is 17.4 Å². The van der Waals surface area contributed by atoms with Crippen molar-refractivity contribution in [2.45, 2.75) is 26.6 Å². The van der Waals surface area contributed by atoms with Gasteiger partial charge >= 0.3 is 5.97 Å². The van der Waals surface area contributed by atoms with Gasteiger partial charge in [-0.05, 0) is 49.7 Å². The van der Waals surface area contributed by atoms with E-state index in [2.05, 4.69) is 0 Å². The van der Waals surface area contributed by atoms with Crippen LogP contribution in [0.4, 0.5) is 10.1 Å². The molecule has 0 amide bonds. The summed E-state index contributed by atoms with van der Waals surface area (Å²) in [5, 5.41) is 0. The Hall–Kier alpha value is -2.56. The lowest BCUT2D eigenvalue weighted by atomic mass is 10.2. The van der Waals surface area contributed by atoms with Crippen LogP contribution >= 0.6 is 0 Å². The molecule has 0 aliphatic rings. The highest BCUT2D eigenvalue weighted by molar-refractivity contribution is 5.91. The molecule has 116 valence electrons. The topological polar surface area (TPSA) is 61.5 Å². The number of carbonyl (C=O) groups excluding carboxylic acids is 1. The number of hydrogen-bond acceptors (Lipinski definition) is 4. The molecule has 0 heterocycles. The minimum absolute atomic E-state index is 0.192. The van der Waals surface area contributed by atoms with Crippen molar-refractivity contribution in [3.63, 3.8) is 0 Å². The molecule has 2 aromatic rings. The zero-order chi connectivity index (χ0) is 16.1. The maximum absolute atomic E-state index is 13.1. The van der Waals surface area contributed by atoms with Crippen LogP contribution < -0.4 is 10.5 Å². The van der Waals surface area contributed by atoms with Gasteiger partial charge in [0.2, 0.25) is 0 Å². The van der Waals surface area contributed by atoms with Crippen LogP contribution in [0.5, 0.6) is 5.75 Å². The third kappa shape index (κ3) is 4.22. The van der Waals surface area contributed by atoms with Crippen LogP contribution in [0.25, 0.3) is 0 Å². The van der Waals surface area contributed by atoms with Gasteiger partial charge in [0.15, 0.2) is 0 Å². The van der Waals surface area contributed by atoms with Crippen LogP contribution in [0.2, 0.25) is 0 Å². The Bertz CT molecular complexity index is 671. The fourth-order valence-electron chi connectivity index (χ4n) is 1.88. The van der Waals surface area contributed by atoms with Crippen LogP contribution in [0.1, 0.15) is 29.8 Å². The van der Waals surface area contributed by atoms with E-state index in [1.165, 1.54) is 18.2 Å². The molecule has 2 rings (SSSR count). The van der Waals surface area contributed by atoms with Gasteiger partial charge in [0.25, 0.3) is 0 Å². The van der Waals surface area contributed by atoms with E-state index in [0.29, 0.717) is 22.6 Å². The van der Waals surface area contributed by atoms with Crippen molar-refractivity contribution in [3.05, 3.63) is 59.4 Å². The quantitative estimate of drug-likeness (QED) is 0.678. The molecule has 0 aromatic heterocycles. The van der Waals surface area contributed by atoms with Gasteiger partial charge in [-0.15, -0.1) is 0 Å². The van der Waals surface area contributed by atoms with Gasteiger partial charge in [-0.1, -0.05) is 12.1 Å². The van der Waals surface area contributed by atoms with Gasteiger partial charge < -0.3 is 15.2 Å². The van der Waals surface area contributed by atoms with Crippen LogP contribution in [0, 0.1) is 5.82 Å². The summed E-state index contributed by atoms with van der Waals surface area (Å²) >= 11 is 0. The predicted octanol–water partition coefficient (Wildman–Crippen LogP) is 3.55. The SMILES string of the molecule is CC(C)OC(=O)c1ccc(OCc2cccc(F)c2)c(N)c1. The summed E-state index contributed by atoms with van der Waals surface area (Å²) in [5.41, 5.74) is 7.27. The summed E-state index contributed by atoms with van der Waals surface area (Å²) in [6.07, 6.45) is -0.197. The van der Waals surface area contributed by atoms with Crippen molar-refractivity contribution >= 4 is 11.7 Å². The lowest BCUT2D eigenvalue weighted by Crippen LogP contribution is -2.12. The average Bonchev–Trinajstić information content (AvgIpc) is 2.45. The summed E-state index contributed by atoms with van der Waals surface area (Å²) < 4.78 is 23.7. The van der Waals surface area contributed by atoms with E-state index >= 15 is 0 Å². The highest BCUT2D eigenvalue weighted by atomic mass is 19.1. The second-order valence-corrected chi connectivity index (χ2v) is 5.13. The number of esters is 1. The summed E-state index contributed by atoms with van der Waals surface area (Å²) in [4.78, 5) is 11.8. The van der Waals surface area contributed by atoms with Gasteiger partial charge in [0.1, 0.15) is 18.2 Å². The Kier molecular flexibility index (Phi) is 4.99. The van der Waals surface area contributed by atoms with E-state index < -0.39 is 5.97 Å². The molecule has 0 aliphatic carbocycles. The van der Waals surface area contributed by atoms with E-state index in [0.717, 1.165) is 0 Å². The highest BCUT2D eigenvalue weighted by Crippen LogP contribution is 2.24. The lowest BCUT2D eigenvalue weighted by Gasteiger charge is -2.11. The van der Waals surface area contributed by atoms with Crippen molar-refractivity contribution in [3.8, 4) is 5.75 Å². The molecule has 0 saturated heterocycles. The minimum Gasteiger partial charge on any atom is -0.487 e. The number of ether oxygens (including phenoxy) is 2. The largest absolute Gasteiger partial charge is 0.487 e. The highest BCUT2D eigenvalue weighted by Gasteiger charge is 2.11. The van der Waals surface area contributed by atoms with E-state index in [-0.39, 0.29) is 18.5 Å². The van der Waals surface area contributed by atoms with E-state index in [4.69, 9.17) is 15.2 Å². The molecule has 4 nitrogen and oxygen atoms in total. The van der Waals surface area contributed by atoms with Crippen molar-refractivity contribution < 1.29 is 18.7 Å². The Morgan fingerprint density at radius 1 is 1.23 bits per heavy atom. The fourth-order valence-corrected chi connectivity index (χ4v) is 1.88. The van der Waals surface area contributed by atoms with Crippen molar-refractivity contribution in [2.75, 3.05) is 5.73 Å². The summed E-state index contributed by atoms with van der Waals surface area (Å²) in [6, 6.07) is 10.8. The first kappa shape index (κ1) is 15.8. The summed E-state index contributed by atoms with van der Waals surface area (Å²) in [7, 11) is 0. The van der Waals surface area contributed by atoms with Crippen LogP contribution in [-0.4, -0.2) is 12.1 Å². The van der Waals surface area contributed by atoms with E-state index in [1.54, 1.807) is 38.1 Å². The van der Waals surface area contributed by atoms with Crippen LogP contribution in [0.3, 0.4) is 0 Å². The molecule has 0 aliphatic heterocycles. The smallest absolute Gasteiger partial charge is 0.338 e. The maximum atomic E-state index is 13.1. The first-order valence-corrected chi connectivity index (χ1v) is 6.93. The Morgan fingerprint density at radius 3 is 2.64 bits per heavy atom. The molecule has 2 aromatic carbocycles. The molecule has 0 spiro atoms. The number of anilines is 1. The minimum atomic E-state index is -0.432. The zero-order valence-electron chi connectivity index (χ0n) is 12.5. The molecular weight excluding hydrogens is 285 g/mol. The number of halogens is 1. The van der Waals surface area contributed by atoms with Crippen molar-refractivity contribution in [2.24, 2.45) is 0 Å². The molecule has 5 heteroatoms.